The third-order valence-electron chi connectivity index (χ3n) is 1.96. The van der Waals surface area contributed by atoms with E-state index < -0.39 is 0 Å². The van der Waals surface area contributed by atoms with Crippen molar-refractivity contribution in [2.75, 3.05) is 40.0 Å². The Morgan fingerprint density at radius 3 is 2.50 bits per heavy atom. The molecule has 0 aliphatic heterocycles. The first-order chi connectivity index (χ1) is 6.77. The van der Waals surface area contributed by atoms with Gasteiger partial charge in [0, 0.05) is 26.9 Å². The van der Waals surface area contributed by atoms with Gasteiger partial charge in [-0.05, 0) is 25.3 Å². The predicted molar refractivity (Wildman–Crippen MR) is 59.6 cm³/mol. The van der Waals surface area contributed by atoms with E-state index in [1.807, 2.05) is 0 Å². The summed E-state index contributed by atoms with van der Waals surface area (Å²) in [6, 6.07) is 0. The second-order valence-electron chi connectivity index (χ2n) is 3.89. The average Bonchev–Trinajstić information content (AvgIpc) is 2.15. The minimum Gasteiger partial charge on any atom is -0.385 e. The fourth-order valence-electron chi connectivity index (χ4n) is 1.03. The summed E-state index contributed by atoms with van der Waals surface area (Å²) in [7, 11) is 1.73. The van der Waals surface area contributed by atoms with E-state index in [2.05, 4.69) is 19.2 Å². The lowest BCUT2D eigenvalue weighted by atomic mass is 10.1. The van der Waals surface area contributed by atoms with Crippen molar-refractivity contribution in [2.45, 2.75) is 26.7 Å². The summed E-state index contributed by atoms with van der Waals surface area (Å²) >= 11 is 0. The van der Waals surface area contributed by atoms with Crippen LogP contribution in [0.1, 0.15) is 26.7 Å². The van der Waals surface area contributed by atoms with Crippen LogP contribution in [0.15, 0.2) is 0 Å². The Bertz CT molecular complexity index is 107. The van der Waals surface area contributed by atoms with Crippen LogP contribution < -0.4 is 5.32 Å². The third-order valence-corrected chi connectivity index (χ3v) is 1.96. The van der Waals surface area contributed by atoms with Crippen LogP contribution >= 0.6 is 0 Å². The van der Waals surface area contributed by atoms with Crippen molar-refractivity contribution in [3.8, 4) is 0 Å². The minimum atomic E-state index is 0.740. The minimum absolute atomic E-state index is 0.740. The fraction of sp³-hybridized carbons (Fsp3) is 1.00. The lowest BCUT2D eigenvalue weighted by Crippen LogP contribution is -2.22. The maximum Gasteiger partial charge on any atom is 0.0590 e. The molecule has 14 heavy (non-hydrogen) atoms. The lowest BCUT2D eigenvalue weighted by Gasteiger charge is -2.07. The largest absolute Gasteiger partial charge is 0.385 e. The molecule has 0 aromatic rings. The number of rotatable bonds is 10. The summed E-state index contributed by atoms with van der Waals surface area (Å²) in [6.07, 6.45) is 2.23. The highest BCUT2D eigenvalue weighted by Crippen LogP contribution is 1.98. The predicted octanol–water partition coefficient (Wildman–Crippen LogP) is 1.68. The molecular formula is C11H25NO2. The quantitative estimate of drug-likeness (QED) is 0.548. The van der Waals surface area contributed by atoms with Gasteiger partial charge in [-0.2, -0.15) is 0 Å². The van der Waals surface area contributed by atoms with Crippen LogP contribution in [0.4, 0.5) is 0 Å². The highest BCUT2D eigenvalue weighted by Gasteiger charge is 1.93. The van der Waals surface area contributed by atoms with Crippen molar-refractivity contribution >= 4 is 0 Å². The van der Waals surface area contributed by atoms with Crippen molar-refractivity contribution < 1.29 is 9.47 Å². The Labute approximate surface area is 88.2 Å². The standard InChI is InChI=1S/C11H25NO2/c1-11(2)5-9-14-10-7-12-6-4-8-13-3/h11-12H,4-10H2,1-3H3. The van der Waals surface area contributed by atoms with Gasteiger partial charge in [-0.25, -0.2) is 0 Å². The smallest absolute Gasteiger partial charge is 0.0590 e. The molecule has 0 rings (SSSR count). The molecule has 0 aromatic carbocycles. The zero-order valence-electron chi connectivity index (χ0n) is 9.84. The summed E-state index contributed by atoms with van der Waals surface area (Å²) in [6.45, 7) is 8.93. The number of nitrogens with one attached hydrogen (secondary N) is 1. The van der Waals surface area contributed by atoms with Crippen LogP contribution in [-0.4, -0.2) is 40.0 Å². The summed E-state index contributed by atoms with van der Waals surface area (Å²) in [4.78, 5) is 0. The Balaban J connectivity index is 2.85. The molecule has 0 spiro atoms. The van der Waals surface area contributed by atoms with E-state index in [-0.39, 0.29) is 0 Å². The van der Waals surface area contributed by atoms with Gasteiger partial charge in [0.15, 0.2) is 0 Å². The van der Waals surface area contributed by atoms with E-state index in [1.165, 1.54) is 0 Å². The number of ether oxygens (including phenoxy) is 2. The van der Waals surface area contributed by atoms with E-state index in [1.54, 1.807) is 7.11 Å². The van der Waals surface area contributed by atoms with Gasteiger partial charge in [-0.15, -0.1) is 0 Å². The first-order valence-corrected chi connectivity index (χ1v) is 5.54. The van der Waals surface area contributed by atoms with Crippen molar-refractivity contribution in [2.24, 2.45) is 5.92 Å². The maximum atomic E-state index is 5.46. The van der Waals surface area contributed by atoms with Crippen molar-refractivity contribution in [3.63, 3.8) is 0 Å². The highest BCUT2D eigenvalue weighted by atomic mass is 16.5. The molecule has 3 nitrogen and oxygen atoms in total. The fourth-order valence-corrected chi connectivity index (χ4v) is 1.03. The van der Waals surface area contributed by atoms with Crippen molar-refractivity contribution in [3.05, 3.63) is 0 Å². The lowest BCUT2D eigenvalue weighted by molar-refractivity contribution is 0.124. The van der Waals surface area contributed by atoms with E-state index in [0.29, 0.717) is 0 Å². The van der Waals surface area contributed by atoms with Crippen LogP contribution in [0.2, 0.25) is 0 Å². The zero-order valence-corrected chi connectivity index (χ0v) is 9.84. The Hall–Kier alpha value is -0.120. The van der Waals surface area contributed by atoms with Crippen LogP contribution in [0, 0.1) is 5.92 Å². The first-order valence-electron chi connectivity index (χ1n) is 5.54. The molecule has 0 atom stereocenters. The molecule has 86 valence electrons. The van der Waals surface area contributed by atoms with Gasteiger partial charge in [0.2, 0.25) is 0 Å². The molecule has 0 unspecified atom stereocenters. The Morgan fingerprint density at radius 2 is 1.86 bits per heavy atom. The molecule has 0 aliphatic rings. The second-order valence-corrected chi connectivity index (χ2v) is 3.89. The summed E-state index contributed by atoms with van der Waals surface area (Å²) in [5.74, 6) is 0.740. The number of hydrogen-bond acceptors (Lipinski definition) is 3. The average molecular weight is 203 g/mol. The third kappa shape index (κ3) is 11.9. The molecule has 0 aliphatic carbocycles. The van der Waals surface area contributed by atoms with Gasteiger partial charge >= 0.3 is 0 Å². The highest BCUT2D eigenvalue weighted by molar-refractivity contribution is 4.47. The molecular weight excluding hydrogens is 178 g/mol. The first kappa shape index (κ1) is 13.9. The van der Waals surface area contributed by atoms with Crippen molar-refractivity contribution in [1.29, 1.82) is 0 Å². The van der Waals surface area contributed by atoms with E-state index in [9.17, 15) is 0 Å². The van der Waals surface area contributed by atoms with E-state index >= 15 is 0 Å². The molecule has 0 heterocycles. The van der Waals surface area contributed by atoms with Gasteiger partial charge in [0.1, 0.15) is 0 Å². The van der Waals surface area contributed by atoms with Crippen LogP contribution in [0.5, 0.6) is 0 Å². The van der Waals surface area contributed by atoms with Crippen LogP contribution in [0.3, 0.4) is 0 Å². The molecule has 0 saturated carbocycles. The van der Waals surface area contributed by atoms with Gasteiger partial charge in [0.25, 0.3) is 0 Å². The van der Waals surface area contributed by atoms with Gasteiger partial charge in [0.05, 0.1) is 6.61 Å². The monoisotopic (exact) mass is 203 g/mol. The summed E-state index contributed by atoms with van der Waals surface area (Å²) in [5.41, 5.74) is 0. The number of hydrogen-bond donors (Lipinski definition) is 1. The van der Waals surface area contributed by atoms with Crippen LogP contribution in [0.25, 0.3) is 0 Å². The van der Waals surface area contributed by atoms with Gasteiger partial charge in [-0.1, -0.05) is 13.8 Å². The van der Waals surface area contributed by atoms with Crippen molar-refractivity contribution in [1.82, 2.24) is 5.32 Å². The Morgan fingerprint density at radius 1 is 1.07 bits per heavy atom. The molecule has 0 bridgehead atoms. The second kappa shape index (κ2) is 11.0. The summed E-state index contributed by atoms with van der Waals surface area (Å²) in [5, 5.41) is 3.30. The zero-order chi connectivity index (χ0) is 10.6. The van der Waals surface area contributed by atoms with E-state index in [0.717, 1.165) is 51.7 Å². The molecule has 0 amide bonds. The number of methoxy groups -OCH3 is 1. The molecule has 0 saturated heterocycles. The van der Waals surface area contributed by atoms with Gasteiger partial charge < -0.3 is 14.8 Å². The summed E-state index contributed by atoms with van der Waals surface area (Å²) < 4.78 is 10.4. The molecule has 0 aromatic heterocycles. The molecule has 0 radical (unpaired) electrons. The maximum absolute atomic E-state index is 5.46. The molecule has 0 fully saturated rings. The van der Waals surface area contributed by atoms with E-state index in [4.69, 9.17) is 9.47 Å². The SMILES string of the molecule is COCCCNCCOCCC(C)C. The van der Waals surface area contributed by atoms with Crippen LogP contribution in [-0.2, 0) is 9.47 Å². The normalized spacial score (nSPS) is 11.1. The molecule has 1 N–H and O–H groups in total. The van der Waals surface area contributed by atoms with Gasteiger partial charge in [-0.3, -0.25) is 0 Å². The topological polar surface area (TPSA) is 30.5 Å². The Kier molecular flexibility index (Phi) is 10.9. The molecule has 3 heteroatoms.